The molecule has 0 aromatic heterocycles. The van der Waals surface area contributed by atoms with Gasteiger partial charge in [0.25, 0.3) is 0 Å². The van der Waals surface area contributed by atoms with Gasteiger partial charge in [-0.3, -0.25) is 0 Å². The average molecular weight is 271 g/mol. The van der Waals surface area contributed by atoms with Gasteiger partial charge >= 0.3 is 0 Å². The van der Waals surface area contributed by atoms with E-state index in [0.717, 1.165) is 5.56 Å². The SMILES string of the molecule is CNC(c1cccc(F)c1)C1SCCSC1C. The van der Waals surface area contributed by atoms with Crippen molar-refractivity contribution in [1.82, 2.24) is 5.32 Å². The molecule has 0 radical (unpaired) electrons. The van der Waals surface area contributed by atoms with Crippen molar-refractivity contribution < 1.29 is 4.39 Å². The number of thioether (sulfide) groups is 2. The van der Waals surface area contributed by atoms with Crippen LogP contribution in [0.1, 0.15) is 18.5 Å². The van der Waals surface area contributed by atoms with E-state index >= 15 is 0 Å². The van der Waals surface area contributed by atoms with Gasteiger partial charge in [0, 0.05) is 28.0 Å². The third-order valence-corrected chi connectivity index (χ3v) is 6.28. The van der Waals surface area contributed by atoms with Gasteiger partial charge in [0.05, 0.1) is 0 Å². The van der Waals surface area contributed by atoms with Crippen LogP contribution in [-0.4, -0.2) is 29.1 Å². The third-order valence-electron chi connectivity index (χ3n) is 3.08. The Labute approximate surface area is 111 Å². The molecule has 4 heteroatoms. The van der Waals surface area contributed by atoms with Gasteiger partial charge in [0.1, 0.15) is 5.82 Å². The zero-order chi connectivity index (χ0) is 12.3. The highest BCUT2D eigenvalue weighted by molar-refractivity contribution is 8.07. The number of benzene rings is 1. The molecule has 3 unspecified atom stereocenters. The molecule has 0 amide bonds. The largest absolute Gasteiger partial charge is 0.312 e. The second kappa shape index (κ2) is 6.12. The maximum Gasteiger partial charge on any atom is 0.123 e. The predicted octanol–water partition coefficient (Wildman–Crippen LogP) is 3.32. The first-order valence-electron chi connectivity index (χ1n) is 5.88. The molecule has 3 atom stereocenters. The Bertz CT molecular complexity index is 372. The zero-order valence-corrected chi connectivity index (χ0v) is 11.8. The standard InChI is InChI=1S/C13H18FNS2/c1-9-13(17-7-6-16-9)12(15-2)10-4-3-5-11(14)8-10/h3-5,8-9,12-13,15H,6-7H2,1-2H3. The number of nitrogens with one attached hydrogen (secondary N) is 1. The lowest BCUT2D eigenvalue weighted by Gasteiger charge is -2.34. The molecule has 1 aliphatic rings. The molecule has 1 heterocycles. The molecule has 94 valence electrons. The van der Waals surface area contributed by atoms with Crippen LogP contribution in [0.4, 0.5) is 4.39 Å². The minimum Gasteiger partial charge on any atom is -0.312 e. The molecule has 1 N–H and O–H groups in total. The van der Waals surface area contributed by atoms with Gasteiger partial charge in [-0.25, -0.2) is 4.39 Å². The number of hydrogen-bond donors (Lipinski definition) is 1. The van der Waals surface area contributed by atoms with Crippen molar-refractivity contribution in [1.29, 1.82) is 0 Å². The fraction of sp³-hybridized carbons (Fsp3) is 0.538. The first kappa shape index (κ1) is 13.2. The predicted molar refractivity (Wildman–Crippen MR) is 76.4 cm³/mol. The van der Waals surface area contributed by atoms with Crippen LogP contribution in [-0.2, 0) is 0 Å². The molecular weight excluding hydrogens is 253 g/mol. The highest BCUT2D eigenvalue weighted by Crippen LogP contribution is 2.38. The van der Waals surface area contributed by atoms with Gasteiger partial charge in [-0.1, -0.05) is 19.1 Å². The molecule has 1 aliphatic heterocycles. The quantitative estimate of drug-likeness (QED) is 0.905. The Morgan fingerprint density at radius 1 is 1.35 bits per heavy atom. The van der Waals surface area contributed by atoms with E-state index in [1.165, 1.54) is 17.6 Å². The Balaban J connectivity index is 2.20. The normalized spacial score (nSPS) is 26.8. The van der Waals surface area contributed by atoms with Crippen LogP contribution in [0.25, 0.3) is 0 Å². The van der Waals surface area contributed by atoms with E-state index in [1.54, 1.807) is 12.1 Å². The first-order valence-corrected chi connectivity index (χ1v) is 7.98. The van der Waals surface area contributed by atoms with E-state index in [1.807, 2.05) is 36.6 Å². The second-order valence-electron chi connectivity index (χ2n) is 4.23. The topological polar surface area (TPSA) is 12.0 Å². The van der Waals surface area contributed by atoms with E-state index in [9.17, 15) is 4.39 Å². The summed E-state index contributed by atoms with van der Waals surface area (Å²) in [5.41, 5.74) is 1.05. The van der Waals surface area contributed by atoms with Gasteiger partial charge in [0.2, 0.25) is 0 Å². The lowest BCUT2D eigenvalue weighted by atomic mass is 10.0. The molecule has 0 bridgehead atoms. The summed E-state index contributed by atoms with van der Waals surface area (Å²) in [6.45, 7) is 2.27. The molecule has 1 saturated heterocycles. The van der Waals surface area contributed by atoms with E-state index in [4.69, 9.17) is 0 Å². The first-order chi connectivity index (χ1) is 8.22. The van der Waals surface area contributed by atoms with Crippen molar-refractivity contribution in [2.24, 2.45) is 0 Å². The highest BCUT2D eigenvalue weighted by Gasteiger charge is 2.30. The molecule has 1 aromatic carbocycles. The monoisotopic (exact) mass is 271 g/mol. The van der Waals surface area contributed by atoms with Gasteiger partial charge in [0.15, 0.2) is 0 Å². The Hall–Kier alpha value is -0.190. The van der Waals surface area contributed by atoms with Crippen LogP contribution in [0.2, 0.25) is 0 Å². The summed E-state index contributed by atoms with van der Waals surface area (Å²) in [7, 11) is 1.96. The summed E-state index contributed by atoms with van der Waals surface area (Å²) < 4.78 is 13.3. The summed E-state index contributed by atoms with van der Waals surface area (Å²) in [5.74, 6) is 2.26. The van der Waals surface area contributed by atoms with Crippen LogP contribution in [0.5, 0.6) is 0 Å². The van der Waals surface area contributed by atoms with Crippen LogP contribution in [0.3, 0.4) is 0 Å². The third kappa shape index (κ3) is 3.18. The summed E-state index contributed by atoms with van der Waals surface area (Å²) in [6, 6.07) is 7.19. The van der Waals surface area contributed by atoms with Crippen LogP contribution >= 0.6 is 23.5 Å². The molecule has 1 fully saturated rings. The highest BCUT2D eigenvalue weighted by atomic mass is 32.2. The Morgan fingerprint density at radius 2 is 2.12 bits per heavy atom. The van der Waals surface area contributed by atoms with Crippen LogP contribution in [0, 0.1) is 5.82 Å². The Morgan fingerprint density at radius 3 is 2.76 bits per heavy atom. The van der Waals surface area contributed by atoms with E-state index in [-0.39, 0.29) is 11.9 Å². The van der Waals surface area contributed by atoms with E-state index < -0.39 is 0 Å². The molecule has 0 spiro atoms. The molecular formula is C13H18FNS2. The molecule has 2 rings (SSSR count). The number of halogens is 1. The molecule has 0 aliphatic carbocycles. The van der Waals surface area contributed by atoms with E-state index in [0.29, 0.717) is 10.5 Å². The summed E-state index contributed by atoms with van der Waals surface area (Å²) >= 11 is 4.01. The van der Waals surface area contributed by atoms with Crippen LogP contribution in [0.15, 0.2) is 24.3 Å². The maximum absolute atomic E-state index is 13.3. The molecule has 0 saturated carbocycles. The second-order valence-corrected chi connectivity index (χ2v) is 7.00. The van der Waals surface area contributed by atoms with Gasteiger partial charge in [-0.15, -0.1) is 0 Å². The minimum absolute atomic E-state index is 0.149. The number of rotatable bonds is 3. The summed E-state index contributed by atoms with van der Waals surface area (Å²) in [5, 5.41) is 4.47. The smallest absolute Gasteiger partial charge is 0.123 e. The number of hydrogen-bond acceptors (Lipinski definition) is 3. The molecule has 1 aromatic rings. The van der Waals surface area contributed by atoms with Gasteiger partial charge in [-0.2, -0.15) is 23.5 Å². The Kier molecular flexibility index (Phi) is 4.77. The van der Waals surface area contributed by atoms with Crippen molar-refractivity contribution in [3.63, 3.8) is 0 Å². The van der Waals surface area contributed by atoms with Crippen LogP contribution < -0.4 is 5.32 Å². The van der Waals surface area contributed by atoms with E-state index in [2.05, 4.69) is 12.2 Å². The maximum atomic E-state index is 13.3. The lowest BCUT2D eigenvalue weighted by Crippen LogP contribution is -2.36. The van der Waals surface area contributed by atoms with Crippen molar-refractivity contribution in [3.8, 4) is 0 Å². The van der Waals surface area contributed by atoms with Crippen molar-refractivity contribution in [2.75, 3.05) is 18.6 Å². The molecule has 17 heavy (non-hydrogen) atoms. The summed E-state index contributed by atoms with van der Waals surface area (Å²) in [4.78, 5) is 0. The fourth-order valence-corrected chi connectivity index (χ4v) is 5.23. The fourth-order valence-electron chi connectivity index (χ4n) is 2.24. The summed E-state index contributed by atoms with van der Waals surface area (Å²) in [6.07, 6.45) is 0. The van der Waals surface area contributed by atoms with Crippen molar-refractivity contribution >= 4 is 23.5 Å². The zero-order valence-electron chi connectivity index (χ0n) is 10.2. The van der Waals surface area contributed by atoms with Crippen molar-refractivity contribution in [2.45, 2.75) is 23.5 Å². The molecule has 1 nitrogen and oxygen atoms in total. The minimum atomic E-state index is -0.149. The lowest BCUT2D eigenvalue weighted by molar-refractivity contribution is 0.552. The van der Waals surface area contributed by atoms with Gasteiger partial charge in [-0.05, 0) is 24.7 Å². The average Bonchev–Trinajstić information content (AvgIpc) is 2.33. The van der Waals surface area contributed by atoms with Crippen molar-refractivity contribution in [3.05, 3.63) is 35.6 Å². The van der Waals surface area contributed by atoms with Gasteiger partial charge < -0.3 is 5.32 Å².